The van der Waals surface area contributed by atoms with Crippen molar-refractivity contribution in [1.82, 2.24) is 4.90 Å². The molecule has 1 heterocycles. The Morgan fingerprint density at radius 1 is 1.55 bits per heavy atom. The van der Waals surface area contributed by atoms with Crippen molar-refractivity contribution in [2.75, 3.05) is 13.6 Å². The van der Waals surface area contributed by atoms with Gasteiger partial charge >= 0.3 is 0 Å². The van der Waals surface area contributed by atoms with Gasteiger partial charge in [-0.05, 0) is 6.42 Å². The maximum atomic E-state index is 10.8. The van der Waals surface area contributed by atoms with E-state index < -0.39 is 0 Å². The molecule has 2 N–H and O–H groups in total. The van der Waals surface area contributed by atoms with Gasteiger partial charge in [0, 0.05) is 26.1 Å². The van der Waals surface area contributed by atoms with Crippen LogP contribution in [0.5, 0.6) is 0 Å². The Hall–Kier alpha value is 0.01000. The molecule has 0 unspecified atom stereocenters. The van der Waals surface area contributed by atoms with E-state index in [4.69, 9.17) is 5.73 Å². The van der Waals surface area contributed by atoms with Crippen molar-refractivity contribution in [2.24, 2.45) is 5.73 Å². The summed E-state index contributed by atoms with van der Waals surface area (Å²) in [5.41, 5.74) is 5.59. The largest absolute Gasteiger partial charge is 0.344 e. The first-order chi connectivity index (χ1) is 4.20. The second-order valence-corrected chi connectivity index (χ2v) is 2.57. The van der Waals surface area contributed by atoms with Gasteiger partial charge in [0.1, 0.15) is 0 Å². The van der Waals surface area contributed by atoms with Gasteiger partial charge < -0.3 is 10.6 Å². The molecule has 1 aliphatic heterocycles. The zero-order chi connectivity index (χ0) is 6.85. The molecule has 0 aromatic carbocycles. The van der Waals surface area contributed by atoms with Crippen LogP contribution in [-0.4, -0.2) is 30.4 Å². The van der Waals surface area contributed by atoms with Crippen molar-refractivity contribution in [1.29, 1.82) is 0 Å². The Morgan fingerprint density at radius 3 is 2.45 bits per heavy atom. The van der Waals surface area contributed by atoms with E-state index in [1.165, 1.54) is 0 Å². The van der Waals surface area contributed by atoms with Crippen molar-refractivity contribution in [2.45, 2.75) is 18.9 Å². The first kappa shape index (κ1) is 13.6. The minimum atomic E-state index is 0. The third-order valence-corrected chi connectivity index (χ3v) is 1.66. The number of carbonyl (C=O) groups excluding carboxylic acids is 1. The Balaban J connectivity index is 0. The maximum absolute atomic E-state index is 10.8. The van der Waals surface area contributed by atoms with E-state index in [-0.39, 0.29) is 36.8 Å². The molecule has 0 saturated carbocycles. The molecule has 1 atom stereocenters. The standard InChI is InChI=1S/C6H12N2O.2ClH/c1-8-4-5(7)2-3-6(8)9;;/h5H,2-4,7H2,1H3;2*1H/t5-;;/m1../s1. The molecule has 0 radical (unpaired) electrons. The highest BCUT2D eigenvalue weighted by Gasteiger charge is 2.18. The molecular weight excluding hydrogens is 187 g/mol. The number of likely N-dealkylation sites (tertiary alicyclic amines) is 1. The van der Waals surface area contributed by atoms with Gasteiger partial charge in [0.25, 0.3) is 0 Å². The zero-order valence-electron chi connectivity index (χ0n) is 6.45. The van der Waals surface area contributed by atoms with Crippen LogP contribution >= 0.6 is 24.8 Å². The van der Waals surface area contributed by atoms with Crippen LogP contribution < -0.4 is 5.73 Å². The van der Waals surface area contributed by atoms with Crippen LogP contribution in [0.25, 0.3) is 0 Å². The molecule has 0 aromatic heterocycles. The second kappa shape index (κ2) is 5.63. The van der Waals surface area contributed by atoms with E-state index in [9.17, 15) is 4.79 Å². The summed E-state index contributed by atoms with van der Waals surface area (Å²) in [5, 5.41) is 0. The fourth-order valence-electron chi connectivity index (χ4n) is 1.04. The summed E-state index contributed by atoms with van der Waals surface area (Å²) in [6.45, 7) is 0.721. The molecule has 1 aliphatic rings. The fraction of sp³-hybridized carbons (Fsp3) is 0.833. The summed E-state index contributed by atoms with van der Waals surface area (Å²) < 4.78 is 0. The number of piperidine rings is 1. The first-order valence-corrected chi connectivity index (χ1v) is 3.19. The quantitative estimate of drug-likeness (QED) is 0.617. The highest BCUT2D eigenvalue weighted by Crippen LogP contribution is 2.06. The summed E-state index contributed by atoms with van der Waals surface area (Å²) in [6, 6.07) is 0.202. The molecule has 1 rings (SSSR count). The van der Waals surface area contributed by atoms with E-state index in [1.807, 2.05) is 0 Å². The number of hydrogen-bond donors (Lipinski definition) is 1. The van der Waals surface area contributed by atoms with Crippen LogP contribution in [0.15, 0.2) is 0 Å². The number of amides is 1. The van der Waals surface area contributed by atoms with Crippen LogP contribution in [0.1, 0.15) is 12.8 Å². The lowest BCUT2D eigenvalue weighted by Gasteiger charge is -2.26. The van der Waals surface area contributed by atoms with Crippen molar-refractivity contribution >= 4 is 30.7 Å². The number of nitrogens with zero attached hydrogens (tertiary/aromatic N) is 1. The average molecular weight is 201 g/mol. The first-order valence-electron chi connectivity index (χ1n) is 3.19. The monoisotopic (exact) mass is 200 g/mol. The van der Waals surface area contributed by atoms with E-state index in [2.05, 4.69) is 0 Å². The molecule has 11 heavy (non-hydrogen) atoms. The van der Waals surface area contributed by atoms with Crippen LogP contribution in [0.4, 0.5) is 0 Å². The highest BCUT2D eigenvalue weighted by atomic mass is 35.5. The number of hydrogen-bond acceptors (Lipinski definition) is 2. The second-order valence-electron chi connectivity index (χ2n) is 2.57. The number of halogens is 2. The van der Waals surface area contributed by atoms with Gasteiger partial charge in [-0.25, -0.2) is 0 Å². The van der Waals surface area contributed by atoms with E-state index in [0.29, 0.717) is 6.42 Å². The van der Waals surface area contributed by atoms with Crippen molar-refractivity contribution in [3.8, 4) is 0 Å². The molecule has 68 valence electrons. The van der Waals surface area contributed by atoms with E-state index in [0.717, 1.165) is 13.0 Å². The lowest BCUT2D eigenvalue weighted by molar-refractivity contribution is -0.132. The van der Waals surface area contributed by atoms with Gasteiger partial charge in [-0.2, -0.15) is 0 Å². The molecule has 0 bridgehead atoms. The summed E-state index contributed by atoms with van der Waals surface area (Å²) in [7, 11) is 1.79. The van der Waals surface area contributed by atoms with Gasteiger partial charge in [-0.15, -0.1) is 24.8 Å². The topological polar surface area (TPSA) is 46.3 Å². The van der Waals surface area contributed by atoms with Crippen molar-refractivity contribution in [3.05, 3.63) is 0 Å². The van der Waals surface area contributed by atoms with Crippen LogP contribution in [0, 0.1) is 0 Å². The summed E-state index contributed by atoms with van der Waals surface area (Å²) in [6.07, 6.45) is 1.47. The van der Waals surface area contributed by atoms with E-state index in [1.54, 1.807) is 11.9 Å². The minimum Gasteiger partial charge on any atom is -0.344 e. The van der Waals surface area contributed by atoms with Gasteiger partial charge in [0.15, 0.2) is 0 Å². The molecule has 0 spiro atoms. The third kappa shape index (κ3) is 3.79. The lowest BCUT2D eigenvalue weighted by Crippen LogP contribution is -2.43. The summed E-state index contributed by atoms with van der Waals surface area (Å²) >= 11 is 0. The SMILES string of the molecule is CN1C[C@H](N)CCC1=O.Cl.Cl. The normalized spacial score (nSPS) is 23.6. The average Bonchev–Trinajstić information content (AvgIpc) is 1.80. The highest BCUT2D eigenvalue weighted by molar-refractivity contribution is 5.85. The summed E-state index contributed by atoms with van der Waals surface area (Å²) in [4.78, 5) is 12.5. The minimum absolute atomic E-state index is 0. The summed E-state index contributed by atoms with van der Waals surface area (Å²) in [5.74, 6) is 0.219. The van der Waals surface area contributed by atoms with Crippen LogP contribution in [0.3, 0.4) is 0 Å². The molecule has 0 aliphatic carbocycles. The van der Waals surface area contributed by atoms with Gasteiger partial charge in [-0.1, -0.05) is 0 Å². The Bertz CT molecular complexity index is 132. The fourth-order valence-corrected chi connectivity index (χ4v) is 1.04. The van der Waals surface area contributed by atoms with Crippen molar-refractivity contribution in [3.63, 3.8) is 0 Å². The molecule has 3 nitrogen and oxygen atoms in total. The number of rotatable bonds is 0. The van der Waals surface area contributed by atoms with Crippen LogP contribution in [-0.2, 0) is 4.79 Å². The Kier molecular flexibility index (Phi) is 6.96. The van der Waals surface area contributed by atoms with Crippen molar-refractivity contribution < 1.29 is 4.79 Å². The van der Waals surface area contributed by atoms with E-state index >= 15 is 0 Å². The molecule has 1 fully saturated rings. The molecular formula is C6H14Cl2N2O. The Labute approximate surface area is 79.1 Å². The number of likely N-dealkylation sites (N-methyl/N-ethyl adjacent to an activating group) is 1. The molecule has 1 amide bonds. The number of nitrogens with two attached hydrogens (primary N) is 1. The molecule has 0 aromatic rings. The number of carbonyl (C=O) groups is 1. The van der Waals surface area contributed by atoms with Gasteiger partial charge in [0.05, 0.1) is 0 Å². The smallest absolute Gasteiger partial charge is 0.222 e. The van der Waals surface area contributed by atoms with Gasteiger partial charge in [-0.3, -0.25) is 4.79 Å². The maximum Gasteiger partial charge on any atom is 0.222 e. The lowest BCUT2D eigenvalue weighted by atomic mass is 10.1. The van der Waals surface area contributed by atoms with Crippen LogP contribution in [0.2, 0.25) is 0 Å². The molecule has 1 saturated heterocycles. The Morgan fingerprint density at radius 2 is 2.09 bits per heavy atom. The predicted molar refractivity (Wildman–Crippen MR) is 49.3 cm³/mol. The third-order valence-electron chi connectivity index (χ3n) is 1.66. The molecule has 5 heteroatoms. The zero-order valence-corrected chi connectivity index (χ0v) is 8.08. The van der Waals surface area contributed by atoms with Gasteiger partial charge in [0.2, 0.25) is 5.91 Å². The predicted octanol–water partition coefficient (Wildman–Crippen LogP) is 0.410.